The Morgan fingerprint density at radius 1 is 1.03 bits per heavy atom. The molecule has 2 aromatic heterocycles. The van der Waals surface area contributed by atoms with E-state index in [2.05, 4.69) is 40.3 Å². The summed E-state index contributed by atoms with van der Waals surface area (Å²) in [6.45, 7) is 3.45. The van der Waals surface area contributed by atoms with Gasteiger partial charge in [0.25, 0.3) is 0 Å². The molecule has 0 amide bonds. The predicted octanol–water partition coefficient (Wildman–Crippen LogP) is 4.62. The number of nitrogens with zero attached hydrogens (tertiary/aromatic N) is 4. The minimum Gasteiger partial charge on any atom is -0.392 e. The Bertz CT molecular complexity index is 1330. The fourth-order valence-corrected chi connectivity index (χ4v) is 4.81. The van der Waals surface area contributed by atoms with Gasteiger partial charge in [0.05, 0.1) is 12.3 Å². The number of hydrogen-bond acceptors (Lipinski definition) is 7. The van der Waals surface area contributed by atoms with E-state index < -0.39 is 0 Å². The first-order chi connectivity index (χ1) is 17.6. The Morgan fingerprint density at radius 3 is 2.67 bits per heavy atom. The van der Waals surface area contributed by atoms with Gasteiger partial charge in [-0.25, -0.2) is 9.97 Å². The van der Waals surface area contributed by atoms with E-state index in [-0.39, 0.29) is 12.6 Å². The molecule has 184 valence electrons. The van der Waals surface area contributed by atoms with Crippen LogP contribution in [0.3, 0.4) is 0 Å². The van der Waals surface area contributed by atoms with E-state index >= 15 is 0 Å². The van der Waals surface area contributed by atoms with Crippen LogP contribution in [-0.4, -0.2) is 32.6 Å². The number of anilines is 3. The van der Waals surface area contributed by atoms with Crippen LogP contribution in [0.2, 0.25) is 0 Å². The number of aliphatic hydroxyl groups is 1. The van der Waals surface area contributed by atoms with E-state index in [1.54, 1.807) is 6.20 Å². The molecule has 7 heteroatoms. The molecule has 0 fully saturated rings. The predicted molar refractivity (Wildman–Crippen MR) is 144 cm³/mol. The molecule has 0 radical (unpaired) electrons. The SMILES string of the molecule is CC(Cc1cccc(CN)c1)Nc1nccc(N2CCCc3cc(CO)c(-c4ccccc4)nc32)n1. The number of aryl methyl sites for hydroxylation is 1. The molecule has 5 rings (SSSR count). The summed E-state index contributed by atoms with van der Waals surface area (Å²) in [5.41, 5.74) is 11.9. The lowest BCUT2D eigenvalue weighted by Gasteiger charge is -2.30. The largest absolute Gasteiger partial charge is 0.392 e. The van der Waals surface area contributed by atoms with Crippen LogP contribution < -0.4 is 16.0 Å². The van der Waals surface area contributed by atoms with Crippen LogP contribution in [0, 0.1) is 0 Å². The van der Waals surface area contributed by atoms with E-state index in [4.69, 9.17) is 15.7 Å². The number of aliphatic hydroxyl groups excluding tert-OH is 1. The van der Waals surface area contributed by atoms with Crippen molar-refractivity contribution in [2.45, 2.75) is 45.4 Å². The summed E-state index contributed by atoms with van der Waals surface area (Å²) in [4.78, 5) is 16.5. The van der Waals surface area contributed by atoms with Crippen LogP contribution in [0.4, 0.5) is 17.6 Å². The lowest BCUT2D eigenvalue weighted by Crippen LogP contribution is -2.28. The number of pyridine rings is 1. The normalized spacial score (nSPS) is 13.8. The lowest BCUT2D eigenvalue weighted by molar-refractivity contribution is 0.282. The highest BCUT2D eigenvalue weighted by Gasteiger charge is 2.24. The second-order valence-corrected chi connectivity index (χ2v) is 9.27. The van der Waals surface area contributed by atoms with Gasteiger partial charge >= 0.3 is 0 Å². The Kier molecular flexibility index (Phi) is 7.21. The Balaban J connectivity index is 1.40. The summed E-state index contributed by atoms with van der Waals surface area (Å²) >= 11 is 0. The summed E-state index contributed by atoms with van der Waals surface area (Å²) in [6, 6.07) is 22.6. The van der Waals surface area contributed by atoms with Crippen LogP contribution in [0.5, 0.6) is 0 Å². The number of benzene rings is 2. The number of aromatic nitrogens is 3. The zero-order valence-electron chi connectivity index (χ0n) is 20.6. The first kappa shape index (κ1) is 23.9. The highest BCUT2D eigenvalue weighted by molar-refractivity contribution is 5.70. The van der Waals surface area contributed by atoms with Crippen molar-refractivity contribution in [3.8, 4) is 11.3 Å². The molecule has 0 spiro atoms. The van der Waals surface area contributed by atoms with Crippen LogP contribution in [-0.2, 0) is 26.0 Å². The van der Waals surface area contributed by atoms with Crippen LogP contribution in [0.15, 0.2) is 72.9 Å². The molecule has 4 aromatic rings. The molecule has 0 saturated carbocycles. The molecule has 1 aliphatic heterocycles. The average molecular weight is 481 g/mol. The number of nitrogens with one attached hydrogen (secondary N) is 1. The van der Waals surface area contributed by atoms with Crippen molar-refractivity contribution in [2.75, 3.05) is 16.8 Å². The minimum atomic E-state index is -0.0435. The van der Waals surface area contributed by atoms with E-state index in [0.29, 0.717) is 12.5 Å². The number of nitrogens with two attached hydrogens (primary N) is 1. The highest BCUT2D eigenvalue weighted by Crippen LogP contribution is 2.35. The van der Waals surface area contributed by atoms with Gasteiger partial charge in [-0.05, 0) is 55.0 Å². The molecule has 7 nitrogen and oxygen atoms in total. The lowest BCUT2D eigenvalue weighted by atomic mass is 9.99. The maximum Gasteiger partial charge on any atom is 0.224 e. The first-order valence-corrected chi connectivity index (χ1v) is 12.5. The minimum absolute atomic E-state index is 0.0435. The Hall–Kier alpha value is -3.81. The fraction of sp³-hybridized carbons (Fsp3) is 0.276. The van der Waals surface area contributed by atoms with Crippen molar-refractivity contribution in [3.05, 3.63) is 95.2 Å². The maximum absolute atomic E-state index is 10.0. The van der Waals surface area contributed by atoms with Crippen molar-refractivity contribution < 1.29 is 5.11 Å². The molecule has 1 unspecified atom stereocenters. The molecule has 0 aliphatic carbocycles. The fourth-order valence-electron chi connectivity index (χ4n) is 4.81. The monoisotopic (exact) mass is 480 g/mol. The van der Waals surface area contributed by atoms with Gasteiger partial charge in [-0.3, -0.25) is 0 Å². The molecule has 1 atom stereocenters. The van der Waals surface area contributed by atoms with Crippen molar-refractivity contribution >= 4 is 17.6 Å². The van der Waals surface area contributed by atoms with Gasteiger partial charge in [-0.2, -0.15) is 4.98 Å². The number of rotatable bonds is 8. The molecule has 36 heavy (non-hydrogen) atoms. The maximum atomic E-state index is 10.0. The summed E-state index contributed by atoms with van der Waals surface area (Å²) < 4.78 is 0. The van der Waals surface area contributed by atoms with Crippen molar-refractivity contribution in [2.24, 2.45) is 5.73 Å². The summed E-state index contributed by atoms with van der Waals surface area (Å²) in [5, 5.41) is 13.5. The number of fused-ring (bicyclic) bond motifs is 1. The molecule has 4 N–H and O–H groups in total. The summed E-state index contributed by atoms with van der Waals surface area (Å²) in [6.07, 6.45) is 4.56. The molecular formula is C29H32N6O. The standard InChI is InChI=1S/C29H32N6O/c1-20(15-21-7-5-8-22(16-21)18-30)32-29-31-13-12-26(33-29)35-14-6-11-24-17-25(19-36)27(34-28(24)35)23-9-3-2-4-10-23/h2-5,7-10,12-13,16-17,20,36H,6,11,14-15,18-19,30H2,1H3,(H,31,32,33). The van der Waals surface area contributed by atoms with Gasteiger partial charge in [-0.15, -0.1) is 0 Å². The van der Waals surface area contributed by atoms with E-state index in [1.165, 1.54) is 5.56 Å². The van der Waals surface area contributed by atoms with E-state index in [1.807, 2.05) is 48.5 Å². The second-order valence-electron chi connectivity index (χ2n) is 9.27. The Labute approximate surface area is 212 Å². The van der Waals surface area contributed by atoms with Gasteiger partial charge in [0, 0.05) is 36.5 Å². The van der Waals surface area contributed by atoms with Gasteiger partial charge in [-0.1, -0.05) is 54.6 Å². The van der Waals surface area contributed by atoms with Crippen LogP contribution >= 0.6 is 0 Å². The Morgan fingerprint density at radius 2 is 1.86 bits per heavy atom. The molecular weight excluding hydrogens is 448 g/mol. The quantitative estimate of drug-likeness (QED) is 0.338. The van der Waals surface area contributed by atoms with Gasteiger partial charge in [0.1, 0.15) is 11.6 Å². The van der Waals surface area contributed by atoms with Gasteiger partial charge < -0.3 is 21.1 Å². The average Bonchev–Trinajstić information content (AvgIpc) is 2.92. The third-order valence-electron chi connectivity index (χ3n) is 6.52. The molecule has 2 aromatic carbocycles. The topological polar surface area (TPSA) is 100 Å². The first-order valence-electron chi connectivity index (χ1n) is 12.5. The van der Waals surface area contributed by atoms with Crippen LogP contribution in [0.25, 0.3) is 11.3 Å². The van der Waals surface area contributed by atoms with Crippen molar-refractivity contribution in [1.29, 1.82) is 0 Å². The van der Waals surface area contributed by atoms with Crippen molar-refractivity contribution in [3.63, 3.8) is 0 Å². The molecule has 1 aliphatic rings. The van der Waals surface area contributed by atoms with E-state index in [0.717, 1.165) is 65.4 Å². The van der Waals surface area contributed by atoms with E-state index in [9.17, 15) is 5.11 Å². The third kappa shape index (κ3) is 5.22. The molecule has 0 saturated heterocycles. The van der Waals surface area contributed by atoms with Crippen LogP contribution in [0.1, 0.15) is 35.6 Å². The zero-order chi connectivity index (χ0) is 24.9. The highest BCUT2D eigenvalue weighted by atomic mass is 16.3. The molecule has 3 heterocycles. The van der Waals surface area contributed by atoms with Gasteiger partial charge in [0.2, 0.25) is 5.95 Å². The molecule has 0 bridgehead atoms. The summed E-state index contributed by atoms with van der Waals surface area (Å²) in [5.74, 6) is 2.31. The summed E-state index contributed by atoms with van der Waals surface area (Å²) in [7, 11) is 0. The zero-order valence-corrected chi connectivity index (χ0v) is 20.6. The number of hydrogen-bond donors (Lipinski definition) is 3. The second kappa shape index (κ2) is 10.8. The third-order valence-corrected chi connectivity index (χ3v) is 6.52. The smallest absolute Gasteiger partial charge is 0.224 e. The van der Waals surface area contributed by atoms with Gasteiger partial charge in [0.15, 0.2) is 0 Å². The van der Waals surface area contributed by atoms with Crippen molar-refractivity contribution in [1.82, 2.24) is 15.0 Å².